The molecule has 1 aromatic carbocycles. The number of nitrogens with zero attached hydrogens (tertiary/aromatic N) is 1. The number of fused-ring (bicyclic) bond motifs is 1. The summed E-state index contributed by atoms with van der Waals surface area (Å²) in [5.41, 5.74) is 1.20. The number of likely N-dealkylation sites (N-methyl/N-ethyl adjacent to an activating group) is 1. The maximum Gasteiger partial charge on any atom is 0.352 e. The molecule has 0 bridgehead atoms. The van der Waals surface area contributed by atoms with Crippen LogP contribution in [0.25, 0.3) is 10.9 Å². The molecule has 0 unspecified atom stereocenters. The Morgan fingerprint density at radius 1 is 1.36 bits per heavy atom. The number of carboxylic acids is 1. The van der Waals surface area contributed by atoms with Crippen molar-refractivity contribution in [2.75, 3.05) is 13.6 Å². The van der Waals surface area contributed by atoms with Gasteiger partial charge in [-0.2, -0.15) is 0 Å². The molecule has 0 fully saturated rings. The van der Waals surface area contributed by atoms with Crippen molar-refractivity contribution in [1.82, 2.24) is 9.88 Å². The van der Waals surface area contributed by atoms with E-state index in [0.717, 1.165) is 12.8 Å². The number of aromatic carboxylic acids is 1. The summed E-state index contributed by atoms with van der Waals surface area (Å²) in [4.78, 5) is 28.2. The maximum atomic E-state index is 12.3. The van der Waals surface area contributed by atoms with Crippen molar-refractivity contribution in [3.05, 3.63) is 34.5 Å². The number of amides is 1. The lowest BCUT2D eigenvalue weighted by Gasteiger charge is -2.16. The summed E-state index contributed by atoms with van der Waals surface area (Å²) in [6.07, 6.45) is 1.97. The highest BCUT2D eigenvalue weighted by molar-refractivity contribution is 6.31. The fourth-order valence-electron chi connectivity index (χ4n) is 2.39. The Balaban J connectivity index is 2.36. The molecule has 0 aliphatic heterocycles. The molecule has 0 saturated carbocycles. The molecule has 0 spiro atoms. The Labute approximate surface area is 133 Å². The first kappa shape index (κ1) is 16.4. The van der Waals surface area contributed by atoms with E-state index in [1.54, 1.807) is 30.1 Å². The lowest BCUT2D eigenvalue weighted by molar-refractivity contribution is -0.129. The Bertz CT molecular complexity index is 709. The van der Waals surface area contributed by atoms with Crippen molar-refractivity contribution in [2.24, 2.45) is 0 Å². The third kappa shape index (κ3) is 3.42. The lowest BCUT2D eigenvalue weighted by Crippen LogP contribution is -2.29. The van der Waals surface area contributed by atoms with Gasteiger partial charge in [0.2, 0.25) is 5.91 Å². The predicted molar refractivity (Wildman–Crippen MR) is 86.5 cm³/mol. The summed E-state index contributed by atoms with van der Waals surface area (Å²) in [6.45, 7) is 2.73. The monoisotopic (exact) mass is 322 g/mol. The van der Waals surface area contributed by atoms with Crippen molar-refractivity contribution >= 4 is 34.4 Å². The smallest absolute Gasteiger partial charge is 0.352 e. The zero-order valence-electron chi connectivity index (χ0n) is 12.6. The molecule has 2 N–H and O–H groups in total. The van der Waals surface area contributed by atoms with Gasteiger partial charge >= 0.3 is 5.97 Å². The van der Waals surface area contributed by atoms with Gasteiger partial charge in [0.15, 0.2) is 0 Å². The van der Waals surface area contributed by atoms with Crippen molar-refractivity contribution in [1.29, 1.82) is 0 Å². The van der Waals surface area contributed by atoms with E-state index >= 15 is 0 Å². The molecule has 0 radical (unpaired) electrons. The van der Waals surface area contributed by atoms with Crippen LogP contribution in [0.1, 0.15) is 35.8 Å². The first-order chi connectivity index (χ1) is 10.4. The largest absolute Gasteiger partial charge is 0.477 e. The highest BCUT2D eigenvalue weighted by Crippen LogP contribution is 2.26. The standard InChI is InChI=1S/C16H19ClN2O3/c1-3-4-7-19(2)14(20)9-12-11-8-10(17)5-6-13(11)18-15(12)16(21)22/h5-6,8,18H,3-4,7,9H2,1-2H3,(H,21,22). The van der Waals surface area contributed by atoms with E-state index in [9.17, 15) is 14.7 Å². The van der Waals surface area contributed by atoms with E-state index in [1.165, 1.54) is 0 Å². The van der Waals surface area contributed by atoms with E-state index in [0.29, 0.717) is 28.0 Å². The molecule has 1 amide bonds. The number of hydrogen-bond donors (Lipinski definition) is 2. The summed E-state index contributed by atoms with van der Waals surface area (Å²) in [5.74, 6) is -1.18. The van der Waals surface area contributed by atoms with Gasteiger partial charge in [-0.05, 0) is 24.6 Å². The molecule has 1 heterocycles. The number of nitrogens with one attached hydrogen (secondary N) is 1. The van der Waals surface area contributed by atoms with Gasteiger partial charge in [0.05, 0.1) is 6.42 Å². The molecular formula is C16H19ClN2O3. The first-order valence-corrected chi connectivity index (χ1v) is 7.59. The SMILES string of the molecule is CCCCN(C)C(=O)Cc1c(C(=O)O)[nH]c2ccc(Cl)cc12. The first-order valence-electron chi connectivity index (χ1n) is 7.21. The van der Waals surface area contributed by atoms with Crippen LogP contribution in [0.5, 0.6) is 0 Å². The molecule has 2 aromatic rings. The molecule has 1 aromatic heterocycles. The number of halogens is 1. The Hall–Kier alpha value is -2.01. The van der Waals surface area contributed by atoms with E-state index in [-0.39, 0.29) is 18.0 Å². The number of carboxylic acid groups (broad SMARTS) is 1. The average molecular weight is 323 g/mol. The van der Waals surface area contributed by atoms with Crippen LogP contribution in [0.3, 0.4) is 0 Å². The molecule has 6 heteroatoms. The van der Waals surface area contributed by atoms with Gasteiger partial charge < -0.3 is 15.0 Å². The minimum Gasteiger partial charge on any atom is -0.477 e. The third-order valence-corrected chi connectivity index (χ3v) is 3.92. The number of carbonyl (C=O) groups is 2. The van der Waals surface area contributed by atoms with Gasteiger partial charge in [-0.25, -0.2) is 4.79 Å². The van der Waals surface area contributed by atoms with Gasteiger partial charge in [-0.1, -0.05) is 24.9 Å². The highest BCUT2D eigenvalue weighted by Gasteiger charge is 2.21. The molecular weight excluding hydrogens is 304 g/mol. The second-order valence-electron chi connectivity index (χ2n) is 5.32. The minimum atomic E-state index is -1.08. The van der Waals surface area contributed by atoms with Crippen LogP contribution in [0.2, 0.25) is 5.02 Å². The van der Waals surface area contributed by atoms with Gasteiger partial charge in [-0.15, -0.1) is 0 Å². The Kier molecular flexibility index (Phi) is 5.08. The van der Waals surface area contributed by atoms with E-state index in [1.807, 2.05) is 0 Å². The molecule has 5 nitrogen and oxygen atoms in total. The van der Waals surface area contributed by atoms with Crippen LogP contribution >= 0.6 is 11.6 Å². The van der Waals surface area contributed by atoms with Gasteiger partial charge in [0.25, 0.3) is 0 Å². The summed E-state index contributed by atoms with van der Waals surface area (Å²) in [5, 5.41) is 10.5. The minimum absolute atomic E-state index is 0.0438. The molecule has 22 heavy (non-hydrogen) atoms. The summed E-state index contributed by atoms with van der Waals surface area (Å²) in [6, 6.07) is 5.10. The number of carbonyl (C=O) groups excluding carboxylic acids is 1. The Morgan fingerprint density at radius 2 is 2.09 bits per heavy atom. The molecule has 0 aliphatic carbocycles. The second kappa shape index (κ2) is 6.83. The number of hydrogen-bond acceptors (Lipinski definition) is 2. The summed E-state index contributed by atoms with van der Waals surface area (Å²) >= 11 is 5.99. The predicted octanol–water partition coefficient (Wildman–Crippen LogP) is 3.32. The van der Waals surface area contributed by atoms with Crippen LogP contribution in [-0.2, 0) is 11.2 Å². The number of aromatic amines is 1. The van der Waals surface area contributed by atoms with Crippen LogP contribution in [-0.4, -0.2) is 40.5 Å². The van der Waals surface area contributed by atoms with E-state index in [4.69, 9.17) is 11.6 Å². The Morgan fingerprint density at radius 3 is 2.73 bits per heavy atom. The number of H-pyrrole nitrogens is 1. The van der Waals surface area contributed by atoms with E-state index in [2.05, 4.69) is 11.9 Å². The molecule has 0 saturated heterocycles. The quantitative estimate of drug-likeness (QED) is 0.856. The summed E-state index contributed by atoms with van der Waals surface area (Å²) < 4.78 is 0. The molecule has 2 rings (SSSR count). The lowest BCUT2D eigenvalue weighted by atomic mass is 10.1. The number of rotatable bonds is 6. The van der Waals surface area contributed by atoms with Crippen LogP contribution in [0.4, 0.5) is 0 Å². The average Bonchev–Trinajstić information content (AvgIpc) is 2.83. The number of benzene rings is 1. The number of unbranched alkanes of at least 4 members (excludes halogenated alkanes) is 1. The second-order valence-corrected chi connectivity index (χ2v) is 5.76. The van der Waals surface area contributed by atoms with Gasteiger partial charge in [-0.3, -0.25) is 4.79 Å². The van der Waals surface area contributed by atoms with Gasteiger partial charge in [0.1, 0.15) is 5.69 Å². The van der Waals surface area contributed by atoms with Crippen molar-refractivity contribution < 1.29 is 14.7 Å². The topological polar surface area (TPSA) is 73.4 Å². The fraction of sp³-hybridized carbons (Fsp3) is 0.375. The number of aromatic nitrogens is 1. The molecule has 0 aliphatic rings. The van der Waals surface area contributed by atoms with Gasteiger partial charge in [0, 0.05) is 35.1 Å². The zero-order chi connectivity index (χ0) is 16.3. The summed E-state index contributed by atoms with van der Waals surface area (Å²) in [7, 11) is 1.74. The highest BCUT2D eigenvalue weighted by atomic mass is 35.5. The fourth-order valence-corrected chi connectivity index (χ4v) is 2.56. The van der Waals surface area contributed by atoms with Crippen molar-refractivity contribution in [2.45, 2.75) is 26.2 Å². The third-order valence-electron chi connectivity index (χ3n) is 3.68. The van der Waals surface area contributed by atoms with Crippen molar-refractivity contribution in [3.8, 4) is 0 Å². The normalized spacial score (nSPS) is 10.9. The van der Waals surface area contributed by atoms with Crippen LogP contribution in [0.15, 0.2) is 18.2 Å². The van der Waals surface area contributed by atoms with Crippen molar-refractivity contribution in [3.63, 3.8) is 0 Å². The molecule has 118 valence electrons. The van der Waals surface area contributed by atoms with E-state index < -0.39 is 5.97 Å². The van der Waals surface area contributed by atoms with Crippen LogP contribution < -0.4 is 0 Å². The molecule has 0 atom stereocenters. The van der Waals surface area contributed by atoms with Crippen LogP contribution in [0, 0.1) is 0 Å². The maximum absolute atomic E-state index is 12.3. The zero-order valence-corrected chi connectivity index (χ0v) is 13.4.